The summed E-state index contributed by atoms with van der Waals surface area (Å²) in [6.45, 7) is 1.35. The number of aliphatic carboxylic acids is 1. The molecule has 2 heterocycles. The SMILES string of the molecule is O=C(CC1CCOCC1)NC(Cc1c[nH]c2ccccc12)C(=O)O. The highest BCUT2D eigenvalue weighted by Gasteiger charge is 2.24. The predicted octanol–water partition coefficient (Wildman–Crippen LogP) is 2.10. The molecular formula is C18H22N2O4. The van der Waals surface area contributed by atoms with Crippen molar-refractivity contribution >= 4 is 22.8 Å². The summed E-state index contributed by atoms with van der Waals surface area (Å²) < 4.78 is 5.28. The molecule has 1 saturated heterocycles. The molecule has 0 aliphatic carbocycles. The minimum atomic E-state index is -1.01. The number of H-pyrrole nitrogens is 1. The van der Waals surface area contributed by atoms with Gasteiger partial charge in [0.2, 0.25) is 5.91 Å². The largest absolute Gasteiger partial charge is 0.480 e. The van der Waals surface area contributed by atoms with E-state index < -0.39 is 12.0 Å². The molecule has 24 heavy (non-hydrogen) atoms. The number of carbonyl (C=O) groups excluding carboxylic acids is 1. The maximum absolute atomic E-state index is 12.2. The van der Waals surface area contributed by atoms with Gasteiger partial charge in [0.05, 0.1) is 0 Å². The molecule has 1 unspecified atom stereocenters. The zero-order valence-corrected chi connectivity index (χ0v) is 13.5. The molecule has 1 aromatic carbocycles. The topological polar surface area (TPSA) is 91.4 Å². The quantitative estimate of drug-likeness (QED) is 0.756. The van der Waals surface area contributed by atoms with Crippen molar-refractivity contribution in [2.24, 2.45) is 5.92 Å². The first-order chi connectivity index (χ1) is 11.6. The molecule has 1 aromatic heterocycles. The monoisotopic (exact) mass is 330 g/mol. The lowest BCUT2D eigenvalue weighted by Crippen LogP contribution is -2.43. The van der Waals surface area contributed by atoms with Gasteiger partial charge in [0, 0.05) is 43.2 Å². The van der Waals surface area contributed by atoms with E-state index in [9.17, 15) is 14.7 Å². The van der Waals surface area contributed by atoms with E-state index in [1.807, 2.05) is 30.5 Å². The van der Waals surface area contributed by atoms with E-state index in [0.717, 1.165) is 29.3 Å². The van der Waals surface area contributed by atoms with E-state index in [2.05, 4.69) is 10.3 Å². The molecule has 2 aromatic rings. The smallest absolute Gasteiger partial charge is 0.326 e. The van der Waals surface area contributed by atoms with Crippen molar-refractivity contribution in [3.05, 3.63) is 36.0 Å². The number of benzene rings is 1. The highest BCUT2D eigenvalue weighted by molar-refractivity contribution is 5.86. The van der Waals surface area contributed by atoms with Gasteiger partial charge in [-0.2, -0.15) is 0 Å². The van der Waals surface area contributed by atoms with Gasteiger partial charge in [0.15, 0.2) is 0 Å². The Balaban J connectivity index is 1.64. The van der Waals surface area contributed by atoms with E-state index >= 15 is 0 Å². The third kappa shape index (κ3) is 3.94. The number of hydrogen-bond acceptors (Lipinski definition) is 3. The Bertz CT molecular complexity index is 719. The first kappa shape index (κ1) is 16.5. The second-order valence-electron chi connectivity index (χ2n) is 6.28. The lowest BCUT2D eigenvalue weighted by molar-refractivity contribution is -0.142. The average molecular weight is 330 g/mol. The average Bonchev–Trinajstić information content (AvgIpc) is 2.98. The Morgan fingerprint density at radius 3 is 2.79 bits per heavy atom. The van der Waals surface area contributed by atoms with Crippen LogP contribution in [0.15, 0.2) is 30.5 Å². The first-order valence-electron chi connectivity index (χ1n) is 8.28. The van der Waals surface area contributed by atoms with Crippen LogP contribution < -0.4 is 5.32 Å². The summed E-state index contributed by atoms with van der Waals surface area (Å²) >= 11 is 0. The molecule has 3 rings (SSSR count). The van der Waals surface area contributed by atoms with Gasteiger partial charge in [-0.25, -0.2) is 4.79 Å². The normalized spacial score (nSPS) is 16.8. The van der Waals surface area contributed by atoms with Crippen LogP contribution in [0.5, 0.6) is 0 Å². The fourth-order valence-corrected chi connectivity index (χ4v) is 3.19. The van der Waals surface area contributed by atoms with Crippen LogP contribution in [0.3, 0.4) is 0 Å². The molecule has 1 atom stereocenters. The first-order valence-corrected chi connectivity index (χ1v) is 8.28. The number of aromatic nitrogens is 1. The van der Waals surface area contributed by atoms with Gasteiger partial charge in [0.25, 0.3) is 0 Å². The molecular weight excluding hydrogens is 308 g/mol. The number of ether oxygens (including phenoxy) is 1. The second kappa shape index (κ2) is 7.49. The Labute approximate surface area is 140 Å². The Hall–Kier alpha value is -2.34. The number of carboxylic acid groups (broad SMARTS) is 1. The number of carboxylic acids is 1. The molecule has 1 aliphatic heterocycles. The van der Waals surface area contributed by atoms with Crippen LogP contribution in [-0.4, -0.2) is 41.2 Å². The van der Waals surface area contributed by atoms with Gasteiger partial charge in [0.1, 0.15) is 6.04 Å². The molecule has 3 N–H and O–H groups in total. The van der Waals surface area contributed by atoms with Crippen LogP contribution in [0.4, 0.5) is 0 Å². The van der Waals surface area contributed by atoms with E-state index in [0.29, 0.717) is 19.6 Å². The maximum atomic E-state index is 12.2. The minimum Gasteiger partial charge on any atom is -0.480 e. The van der Waals surface area contributed by atoms with Crippen LogP contribution in [0.25, 0.3) is 10.9 Å². The van der Waals surface area contributed by atoms with E-state index in [4.69, 9.17) is 4.74 Å². The number of fused-ring (bicyclic) bond motifs is 1. The summed E-state index contributed by atoms with van der Waals surface area (Å²) in [5.41, 5.74) is 1.86. The second-order valence-corrected chi connectivity index (χ2v) is 6.28. The molecule has 1 fully saturated rings. The Kier molecular flexibility index (Phi) is 5.15. The highest BCUT2D eigenvalue weighted by atomic mass is 16.5. The summed E-state index contributed by atoms with van der Waals surface area (Å²) in [4.78, 5) is 26.9. The molecule has 6 nitrogen and oxygen atoms in total. The summed E-state index contributed by atoms with van der Waals surface area (Å²) in [6.07, 6.45) is 4.15. The summed E-state index contributed by atoms with van der Waals surface area (Å²) in [6, 6.07) is 6.81. The van der Waals surface area contributed by atoms with Crippen molar-refractivity contribution in [1.82, 2.24) is 10.3 Å². The maximum Gasteiger partial charge on any atom is 0.326 e. The molecule has 0 radical (unpaired) electrons. The molecule has 128 valence electrons. The van der Waals surface area contributed by atoms with Gasteiger partial charge < -0.3 is 20.1 Å². The van der Waals surface area contributed by atoms with Crippen LogP contribution >= 0.6 is 0 Å². The number of aromatic amines is 1. The van der Waals surface area contributed by atoms with Crippen molar-refractivity contribution in [3.8, 4) is 0 Å². The number of amides is 1. The third-order valence-corrected chi connectivity index (χ3v) is 4.55. The van der Waals surface area contributed by atoms with Gasteiger partial charge >= 0.3 is 5.97 Å². The van der Waals surface area contributed by atoms with Crippen molar-refractivity contribution < 1.29 is 19.4 Å². The van der Waals surface area contributed by atoms with Crippen LogP contribution in [0, 0.1) is 5.92 Å². The van der Waals surface area contributed by atoms with E-state index in [1.165, 1.54) is 0 Å². The van der Waals surface area contributed by atoms with E-state index in [-0.39, 0.29) is 18.2 Å². The molecule has 6 heteroatoms. The predicted molar refractivity (Wildman–Crippen MR) is 89.7 cm³/mol. The summed E-state index contributed by atoms with van der Waals surface area (Å²) in [5, 5.41) is 13.1. The zero-order valence-electron chi connectivity index (χ0n) is 13.5. The molecule has 0 bridgehead atoms. The zero-order chi connectivity index (χ0) is 16.9. The number of para-hydroxylation sites is 1. The van der Waals surface area contributed by atoms with Gasteiger partial charge in [-0.1, -0.05) is 18.2 Å². The van der Waals surface area contributed by atoms with Crippen LogP contribution in [0.2, 0.25) is 0 Å². The van der Waals surface area contributed by atoms with Crippen molar-refractivity contribution in [1.29, 1.82) is 0 Å². The van der Waals surface area contributed by atoms with Crippen molar-refractivity contribution in [2.45, 2.75) is 31.7 Å². The number of hydrogen-bond donors (Lipinski definition) is 3. The number of carbonyl (C=O) groups is 2. The minimum absolute atomic E-state index is 0.200. The summed E-state index contributed by atoms with van der Waals surface area (Å²) in [5.74, 6) is -0.934. The Morgan fingerprint density at radius 2 is 2.04 bits per heavy atom. The lowest BCUT2D eigenvalue weighted by Gasteiger charge is -2.22. The molecule has 0 spiro atoms. The standard InChI is InChI=1S/C18H22N2O4/c21-17(9-12-5-7-24-8-6-12)20-16(18(22)23)10-13-11-19-15-4-2-1-3-14(13)15/h1-4,11-12,16,19H,5-10H2,(H,20,21)(H,22,23). The highest BCUT2D eigenvalue weighted by Crippen LogP contribution is 2.20. The molecule has 0 saturated carbocycles. The van der Waals surface area contributed by atoms with Gasteiger partial charge in [-0.05, 0) is 30.4 Å². The van der Waals surface area contributed by atoms with Crippen LogP contribution in [-0.2, 0) is 20.7 Å². The van der Waals surface area contributed by atoms with Crippen molar-refractivity contribution in [3.63, 3.8) is 0 Å². The number of rotatable bonds is 6. The summed E-state index contributed by atoms with van der Waals surface area (Å²) in [7, 11) is 0. The Morgan fingerprint density at radius 1 is 1.29 bits per heavy atom. The lowest BCUT2D eigenvalue weighted by atomic mass is 9.96. The van der Waals surface area contributed by atoms with Crippen LogP contribution in [0.1, 0.15) is 24.8 Å². The van der Waals surface area contributed by atoms with Gasteiger partial charge in [-0.15, -0.1) is 0 Å². The fourth-order valence-electron chi connectivity index (χ4n) is 3.19. The van der Waals surface area contributed by atoms with E-state index in [1.54, 1.807) is 0 Å². The molecule has 1 amide bonds. The van der Waals surface area contributed by atoms with Crippen molar-refractivity contribution in [2.75, 3.05) is 13.2 Å². The number of nitrogens with one attached hydrogen (secondary N) is 2. The third-order valence-electron chi connectivity index (χ3n) is 4.55. The molecule has 1 aliphatic rings. The van der Waals surface area contributed by atoms with Gasteiger partial charge in [-0.3, -0.25) is 4.79 Å². The fraction of sp³-hybridized carbons (Fsp3) is 0.444.